The van der Waals surface area contributed by atoms with Gasteiger partial charge in [0, 0.05) is 5.56 Å². The molecule has 0 fully saturated rings. The summed E-state index contributed by atoms with van der Waals surface area (Å²) in [6.45, 7) is 2.44. The van der Waals surface area contributed by atoms with Crippen LogP contribution < -0.4 is 9.47 Å². The Morgan fingerprint density at radius 3 is 2.47 bits per heavy atom. The molecule has 0 saturated carbocycles. The van der Waals surface area contributed by atoms with Crippen LogP contribution in [0.3, 0.4) is 0 Å². The highest BCUT2D eigenvalue weighted by Gasteiger charge is 2.24. The van der Waals surface area contributed by atoms with E-state index in [2.05, 4.69) is 4.99 Å². The minimum atomic E-state index is -0.478. The van der Waals surface area contributed by atoms with E-state index in [1.807, 2.05) is 73.7 Å². The van der Waals surface area contributed by atoms with Gasteiger partial charge in [-0.3, -0.25) is 0 Å². The van der Waals surface area contributed by atoms with E-state index in [0.717, 1.165) is 22.3 Å². The number of aryl methyl sites for hydroxylation is 1. The van der Waals surface area contributed by atoms with Crippen molar-refractivity contribution in [2.24, 2.45) is 4.99 Å². The highest BCUT2D eigenvalue weighted by molar-refractivity contribution is 6.12. The second-order valence-electron chi connectivity index (χ2n) is 6.89. The van der Waals surface area contributed by atoms with Crippen molar-refractivity contribution in [3.05, 3.63) is 101 Å². The van der Waals surface area contributed by atoms with Gasteiger partial charge in [-0.05, 0) is 48.4 Å². The van der Waals surface area contributed by atoms with Crippen molar-refractivity contribution in [2.75, 3.05) is 7.11 Å². The smallest absolute Gasteiger partial charge is 0.363 e. The number of nitrogens with zero attached hydrogens (tertiary/aromatic N) is 1. The summed E-state index contributed by atoms with van der Waals surface area (Å²) < 4.78 is 16.7. The third-order valence-corrected chi connectivity index (χ3v) is 4.65. The van der Waals surface area contributed by atoms with Crippen LogP contribution in [0.4, 0.5) is 0 Å². The van der Waals surface area contributed by atoms with Gasteiger partial charge >= 0.3 is 5.97 Å². The number of ether oxygens (including phenoxy) is 3. The molecule has 0 atom stereocenters. The maximum atomic E-state index is 12.2. The molecule has 0 aliphatic carbocycles. The molecule has 0 amide bonds. The molecule has 0 N–H and O–H groups in total. The van der Waals surface area contributed by atoms with Gasteiger partial charge in [-0.2, -0.15) is 0 Å². The maximum Gasteiger partial charge on any atom is 0.363 e. The van der Waals surface area contributed by atoms with Gasteiger partial charge in [0.1, 0.15) is 6.61 Å². The fourth-order valence-corrected chi connectivity index (χ4v) is 3.02. The van der Waals surface area contributed by atoms with Crippen LogP contribution in [-0.2, 0) is 16.1 Å². The first-order valence-electron chi connectivity index (χ1n) is 9.57. The summed E-state index contributed by atoms with van der Waals surface area (Å²) >= 11 is 0. The third-order valence-electron chi connectivity index (χ3n) is 4.65. The van der Waals surface area contributed by atoms with Gasteiger partial charge in [0.25, 0.3) is 0 Å². The van der Waals surface area contributed by atoms with E-state index in [0.29, 0.717) is 24.0 Å². The molecule has 0 radical (unpaired) electrons. The van der Waals surface area contributed by atoms with Crippen molar-refractivity contribution >= 4 is 17.9 Å². The molecule has 5 nitrogen and oxygen atoms in total. The number of cyclic esters (lactones) is 1. The lowest BCUT2D eigenvalue weighted by Crippen LogP contribution is -2.05. The summed E-state index contributed by atoms with van der Waals surface area (Å²) in [7, 11) is 1.58. The first kappa shape index (κ1) is 19.5. The molecule has 0 bridgehead atoms. The zero-order chi connectivity index (χ0) is 20.9. The van der Waals surface area contributed by atoms with Crippen molar-refractivity contribution in [1.29, 1.82) is 0 Å². The molecule has 5 heteroatoms. The summed E-state index contributed by atoms with van der Waals surface area (Å²) in [5.41, 5.74) is 3.96. The quantitative estimate of drug-likeness (QED) is 0.436. The molecule has 3 aromatic carbocycles. The second kappa shape index (κ2) is 8.66. The van der Waals surface area contributed by atoms with Gasteiger partial charge in [-0.15, -0.1) is 0 Å². The number of rotatable bonds is 6. The number of hydrogen-bond donors (Lipinski definition) is 0. The fraction of sp³-hybridized carbons (Fsp3) is 0.120. The molecule has 4 rings (SSSR count). The van der Waals surface area contributed by atoms with Crippen molar-refractivity contribution < 1.29 is 19.0 Å². The SMILES string of the molecule is COc1cc(/C=C2/N=C(c3ccc(C)cc3)OC2=O)ccc1OCc1ccccc1. The van der Waals surface area contributed by atoms with Crippen LogP contribution in [0, 0.1) is 6.92 Å². The van der Waals surface area contributed by atoms with Crippen LogP contribution in [0.15, 0.2) is 83.5 Å². The van der Waals surface area contributed by atoms with Gasteiger partial charge in [0.15, 0.2) is 17.2 Å². The minimum Gasteiger partial charge on any atom is -0.493 e. The van der Waals surface area contributed by atoms with Crippen molar-refractivity contribution in [1.82, 2.24) is 0 Å². The highest BCUT2D eigenvalue weighted by atomic mass is 16.6. The van der Waals surface area contributed by atoms with E-state index in [9.17, 15) is 4.79 Å². The van der Waals surface area contributed by atoms with E-state index in [4.69, 9.17) is 14.2 Å². The Bertz CT molecular complexity index is 1120. The van der Waals surface area contributed by atoms with Crippen LogP contribution >= 0.6 is 0 Å². The molecule has 1 aliphatic rings. The van der Waals surface area contributed by atoms with Gasteiger partial charge in [-0.25, -0.2) is 9.79 Å². The lowest BCUT2D eigenvalue weighted by molar-refractivity contribution is -0.129. The average molecular weight is 399 g/mol. The highest BCUT2D eigenvalue weighted by Crippen LogP contribution is 2.30. The summed E-state index contributed by atoms with van der Waals surface area (Å²) in [6.07, 6.45) is 1.67. The Hall–Kier alpha value is -3.86. The Morgan fingerprint density at radius 1 is 0.967 bits per heavy atom. The number of hydrogen-bond acceptors (Lipinski definition) is 5. The zero-order valence-corrected chi connectivity index (χ0v) is 16.8. The third kappa shape index (κ3) is 4.41. The molecule has 0 unspecified atom stereocenters. The zero-order valence-electron chi connectivity index (χ0n) is 16.8. The predicted octanol–water partition coefficient (Wildman–Crippen LogP) is 4.93. The number of methoxy groups -OCH3 is 1. The molecule has 1 aliphatic heterocycles. The molecule has 0 spiro atoms. The van der Waals surface area contributed by atoms with Gasteiger partial charge < -0.3 is 14.2 Å². The summed E-state index contributed by atoms with van der Waals surface area (Å²) in [5.74, 6) is 1.03. The van der Waals surface area contributed by atoms with Crippen LogP contribution in [0.5, 0.6) is 11.5 Å². The maximum absolute atomic E-state index is 12.2. The minimum absolute atomic E-state index is 0.241. The number of aliphatic imine (C=N–C) groups is 1. The van der Waals surface area contributed by atoms with Crippen molar-refractivity contribution in [3.8, 4) is 11.5 Å². The van der Waals surface area contributed by atoms with E-state index in [1.165, 1.54) is 0 Å². The first-order chi connectivity index (χ1) is 14.6. The van der Waals surface area contributed by atoms with Gasteiger partial charge in [-0.1, -0.05) is 54.1 Å². The van der Waals surface area contributed by atoms with E-state index in [-0.39, 0.29) is 5.70 Å². The average Bonchev–Trinajstić information content (AvgIpc) is 3.14. The predicted molar refractivity (Wildman–Crippen MR) is 116 cm³/mol. The van der Waals surface area contributed by atoms with Crippen LogP contribution in [0.1, 0.15) is 22.3 Å². The lowest BCUT2D eigenvalue weighted by atomic mass is 10.1. The molecule has 150 valence electrons. The van der Waals surface area contributed by atoms with Gasteiger partial charge in [0.05, 0.1) is 7.11 Å². The Balaban J connectivity index is 1.54. The molecular formula is C25H21NO4. The first-order valence-corrected chi connectivity index (χ1v) is 9.57. The standard InChI is InChI=1S/C25H21NO4/c1-17-8-11-20(12-9-17)24-26-21(25(27)30-24)14-19-10-13-22(23(15-19)28-2)29-16-18-6-4-3-5-7-18/h3-15H,16H2,1-2H3/b21-14+. The molecule has 1 heterocycles. The van der Waals surface area contributed by atoms with Crippen LogP contribution in [-0.4, -0.2) is 19.0 Å². The summed E-state index contributed by atoms with van der Waals surface area (Å²) in [4.78, 5) is 16.6. The van der Waals surface area contributed by atoms with E-state index >= 15 is 0 Å². The Kier molecular flexibility index (Phi) is 5.61. The Morgan fingerprint density at radius 2 is 1.73 bits per heavy atom. The summed E-state index contributed by atoms with van der Waals surface area (Å²) in [6, 6.07) is 23.0. The van der Waals surface area contributed by atoms with Gasteiger partial charge in [0.2, 0.25) is 5.90 Å². The fourth-order valence-electron chi connectivity index (χ4n) is 3.02. The topological polar surface area (TPSA) is 57.1 Å². The monoisotopic (exact) mass is 399 g/mol. The number of carbonyl (C=O) groups excluding carboxylic acids is 1. The molecule has 3 aromatic rings. The van der Waals surface area contributed by atoms with E-state index in [1.54, 1.807) is 19.3 Å². The molecule has 0 aromatic heterocycles. The molecule has 30 heavy (non-hydrogen) atoms. The van der Waals surface area contributed by atoms with E-state index < -0.39 is 5.97 Å². The number of carbonyl (C=O) groups is 1. The number of esters is 1. The second-order valence-corrected chi connectivity index (χ2v) is 6.89. The van der Waals surface area contributed by atoms with Crippen LogP contribution in [0.2, 0.25) is 0 Å². The van der Waals surface area contributed by atoms with Crippen molar-refractivity contribution in [2.45, 2.75) is 13.5 Å². The Labute approximate surface area is 175 Å². The molecule has 0 saturated heterocycles. The normalized spacial score (nSPS) is 14.4. The van der Waals surface area contributed by atoms with Crippen LogP contribution in [0.25, 0.3) is 6.08 Å². The summed E-state index contributed by atoms with van der Waals surface area (Å²) in [5, 5.41) is 0. The lowest BCUT2D eigenvalue weighted by Gasteiger charge is -2.11. The van der Waals surface area contributed by atoms with Crippen molar-refractivity contribution in [3.63, 3.8) is 0 Å². The number of benzene rings is 3. The molecular weight excluding hydrogens is 378 g/mol. The largest absolute Gasteiger partial charge is 0.493 e.